The Balaban J connectivity index is 5.02. The number of carbonyl (C=O) groups is 5. The highest BCUT2D eigenvalue weighted by Crippen LogP contribution is 2.03. The lowest BCUT2D eigenvalue weighted by atomic mass is 10.1. The first-order valence-corrected chi connectivity index (χ1v) is 7.22. The molecule has 0 aliphatic heterocycles. The predicted octanol–water partition coefficient (Wildman–Crippen LogP) is -2.91. The van der Waals surface area contributed by atoms with Gasteiger partial charge in [-0.05, 0) is 12.8 Å². The number of hydrogen-bond donors (Lipinski definition) is 7. The van der Waals surface area contributed by atoms with E-state index in [9.17, 15) is 24.0 Å². The number of aliphatic carboxylic acids is 3. The summed E-state index contributed by atoms with van der Waals surface area (Å²) in [6.07, 6.45) is -1.76. The summed E-state index contributed by atoms with van der Waals surface area (Å²) in [6.45, 7) is -0.713. The molecule has 2 amide bonds. The maximum absolute atomic E-state index is 12.1. The Hall–Kier alpha value is -2.73. The van der Waals surface area contributed by atoms with Gasteiger partial charge in [0.05, 0.1) is 6.61 Å². The summed E-state index contributed by atoms with van der Waals surface area (Å²) in [5.74, 6) is -5.92. The van der Waals surface area contributed by atoms with Crippen molar-refractivity contribution in [3.63, 3.8) is 0 Å². The number of carboxylic acid groups (broad SMARTS) is 3. The summed E-state index contributed by atoms with van der Waals surface area (Å²) >= 11 is 0. The van der Waals surface area contributed by atoms with Crippen LogP contribution < -0.4 is 16.4 Å². The van der Waals surface area contributed by atoms with Gasteiger partial charge in [-0.2, -0.15) is 0 Å². The van der Waals surface area contributed by atoms with Crippen molar-refractivity contribution in [2.45, 2.75) is 43.8 Å². The molecule has 0 saturated heterocycles. The minimum absolute atomic E-state index is 0.351. The lowest BCUT2D eigenvalue weighted by Gasteiger charge is -2.22. The van der Waals surface area contributed by atoms with Crippen LogP contribution in [0.5, 0.6) is 0 Å². The molecule has 0 heterocycles. The molecule has 0 spiro atoms. The molecular formula is C13H21N3O9. The highest BCUT2D eigenvalue weighted by molar-refractivity contribution is 5.92. The van der Waals surface area contributed by atoms with Crippen LogP contribution in [0.1, 0.15) is 25.7 Å². The van der Waals surface area contributed by atoms with Gasteiger partial charge in [0, 0.05) is 12.8 Å². The van der Waals surface area contributed by atoms with E-state index in [1.807, 2.05) is 5.32 Å². The Kier molecular flexibility index (Phi) is 9.74. The van der Waals surface area contributed by atoms with Gasteiger partial charge in [-0.25, -0.2) is 4.79 Å². The molecule has 12 heteroatoms. The highest BCUT2D eigenvalue weighted by Gasteiger charge is 2.28. The Morgan fingerprint density at radius 2 is 1.24 bits per heavy atom. The number of nitrogens with one attached hydrogen (secondary N) is 2. The van der Waals surface area contributed by atoms with Crippen molar-refractivity contribution < 1.29 is 44.4 Å². The van der Waals surface area contributed by atoms with Gasteiger partial charge < -0.3 is 36.8 Å². The molecule has 0 aromatic rings. The van der Waals surface area contributed by atoms with Crippen molar-refractivity contribution in [3.05, 3.63) is 0 Å². The van der Waals surface area contributed by atoms with E-state index in [1.165, 1.54) is 0 Å². The minimum Gasteiger partial charge on any atom is -0.481 e. The van der Waals surface area contributed by atoms with E-state index in [-0.39, 0.29) is 6.42 Å². The molecule has 3 atom stereocenters. The first kappa shape index (κ1) is 22.3. The third kappa shape index (κ3) is 9.22. The molecule has 0 saturated carbocycles. The maximum atomic E-state index is 12.1. The second kappa shape index (κ2) is 10.9. The largest absolute Gasteiger partial charge is 0.481 e. The Morgan fingerprint density at radius 1 is 0.800 bits per heavy atom. The average Bonchev–Trinajstić information content (AvgIpc) is 2.53. The summed E-state index contributed by atoms with van der Waals surface area (Å²) in [7, 11) is 0. The van der Waals surface area contributed by atoms with E-state index in [0.29, 0.717) is 0 Å². The van der Waals surface area contributed by atoms with Crippen LogP contribution in [0, 0.1) is 0 Å². The van der Waals surface area contributed by atoms with Crippen LogP contribution >= 0.6 is 0 Å². The van der Waals surface area contributed by atoms with E-state index < -0.39 is 73.7 Å². The summed E-state index contributed by atoms with van der Waals surface area (Å²) < 4.78 is 0. The van der Waals surface area contributed by atoms with Gasteiger partial charge in [-0.1, -0.05) is 0 Å². The molecule has 0 bridgehead atoms. The van der Waals surface area contributed by atoms with Crippen LogP contribution in [0.15, 0.2) is 0 Å². The number of rotatable bonds is 12. The number of hydrogen-bond acceptors (Lipinski definition) is 7. The molecular weight excluding hydrogens is 342 g/mol. The third-order valence-electron chi connectivity index (χ3n) is 3.07. The van der Waals surface area contributed by atoms with Crippen LogP contribution in [-0.2, 0) is 24.0 Å². The fraction of sp³-hybridized carbons (Fsp3) is 0.615. The second-order valence-corrected chi connectivity index (χ2v) is 5.11. The number of carbonyl (C=O) groups excluding carboxylic acids is 2. The molecule has 0 aliphatic carbocycles. The van der Waals surface area contributed by atoms with E-state index in [4.69, 9.17) is 26.2 Å². The van der Waals surface area contributed by atoms with E-state index in [2.05, 4.69) is 5.32 Å². The highest BCUT2D eigenvalue weighted by atomic mass is 16.4. The van der Waals surface area contributed by atoms with Crippen molar-refractivity contribution in [2.24, 2.45) is 5.73 Å². The standard InChI is InChI=1S/C13H21N3O9/c14-6(5-17)11(22)15-7(1-3-9(18)19)12(23)16-8(13(24)25)2-4-10(20)21/h6-8,17H,1-5,14H2,(H,15,22)(H,16,23)(H,18,19)(H,20,21)(H,24,25). The molecule has 3 unspecified atom stereocenters. The Labute approximate surface area is 142 Å². The molecule has 0 radical (unpaired) electrons. The molecule has 0 fully saturated rings. The molecule has 25 heavy (non-hydrogen) atoms. The van der Waals surface area contributed by atoms with Gasteiger partial charge in [0.1, 0.15) is 18.1 Å². The van der Waals surface area contributed by atoms with E-state index in [1.54, 1.807) is 0 Å². The number of nitrogens with two attached hydrogens (primary N) is 1. The molecule has 142 valence electrons. The van der Waals surface area contributed by atoms with E-state index >= 15 is 0 Å². The van der Waals surface area contributed by atoms with Gasteiger partial charge >= 0.3 is 17.9 Å². The van der Waals surface area contributed by atoms with Crippen LogP contribution in [0.4, 0.5) is 0 Å². The molecule has 8 N–H and O–H groups in total. The number of aliphatic hydroxyl groups excluding tert-OH is 1. The van der Waals surface area contributed by atoms with E-state index in [0.717, 1.165) is 0 Å². The molecule has 0 aromatic heterocycles. The van der Waals surface area contributed by atoms with Crippen molar-refractivity contribution in [1.29, 1.82) is 0 Å². The van der Waals surface area contributed by atoms with Crippen molar-refractivity contribution >= 4 is 29.7 Å². The topological polar surface area (TPSA) is 216 Å². The van der Waals surface area contributed by atoms with Gasteiger partial charge in [0.25, 0.3) is 0 Å². The van der Waals surface area contributed by atoms with Crippen LogP contribution in [0.2, 0.25) is 0 Å². The zero-order valence-corrected chi connectivity index (χ0v) is 13.2. The average molecular weight is 363 g/mol. The lowest BCUT2D eigenvalue weighted by molar-refractivity contribution is -0.144. The van der Waals surface area contributed by atoms with Gasteiger partial charge in [0.2, 0.25) is 11.8 Å². The fourth-order valence-electron chi connectivity index (χ4n) is 1.70. The van der Waals surface area contributed by atoms with Crippen molar-refractivity contribution in [3.8, 4) is 0 Å². The smallest absolute Gasteiger partial charge is 0.326 e. The Bertz CT molecular complexity index is 523. The first-order valence-electron chi connectivity index (χ1n) is 7.22. The normalized spacial score (nSPS) is 14.0. The number of amides is 2. The van der Waals surface area contributed by atoms with Crippen LogP contribution in [0.3, 0.4) is 0 Å². The first-order chi connectivity index (χ1) is 11.6. The van der Waals surface area contributed by atoms with Crippen LogP contribution in [-0.4, -0.2) is 74.9 Å². The van der Waals surface area contributed by atoms with Gasteiger partial charge in [-0.3, -0.25) is 19.2 Å². The summed E-state index contributed by atoms with van der Waals surface area (Å²) in [5.41, 5.74) is 5.28. The van der Waals surface area contributed by atoms with Gasteiger partial charge in [-0.15, -0.1) is 0 Å². The second-order valence-electron chi connectivity index (χ2n) is 5.11. The lowest BCUT2D eigenvalue weighted by Crippen LogP contribution is -2.55. The number of aliphatic hydroxyl groups is 1. The van der Waals surface area contributed by atoms with Crippen molar-refractivity contribution in [1.82, 2.24) is 10.6 Å². The molecule has 0 aromatic carbocycles. The quantitative estimate of drug-likeness (QED) is 0.187. The Morgan fingerprint density at radius 3 is 1.64 bits per heavy atom. The summed E-state index contributed by atoms with van der Waals surface area (Å²) in [6, 6.07) is -4.28. The third-order valence-corrected chi connectivity index (χ3v) is 3.07. The summed E-state index contributed by atoms with van der Waals surface area (Å²) in [5, 5.41) is 39.2. The molecule has 0 aliphatic rings. The molecule has 12 nitrogen and oxygen atoms in total. The zero-order chi connectivity index (χ0) is 19.6. The maximum Gasteiger partial charge on any atom is 0.326 e. The molecule has 0 rings (SSSR count). The van der Waals surface area contributed by atoms with Gasteiger partial charge in [0.15, 0.2) is 0 Å². The monoisotopic (exact) mass is 363 g/mol. The van der Waals surface area contributed by atoms with Crippen LogP contribution in [0.25, 0.3) is 0 Å². The minimum atomic E-state index is -1.53. The SMILES string of the molecule is NC(CO)C(=O)NC(CCC(=O)O)C(=O)NC(CCC(=O)O)C(=O)O. The van der Waals surface area contributed by atoms with Crippen molar-refractivity contribution in [2.75, 3.05) is 6.61 Å². The number of carboxylic acids is 3. The predicted molar refractivity (Wildman–Crippen MR) is 80.3 cm³/mol. The fourth-order valence-corrected chi connectivity index (χ4v) is 1.70. The summed E-state index contributed by atoms with van der Waals surface area (Å²) in [4.78, 5) is 56.0. The zero-order valence-electron chi connectivity index (χ0n) is 13.2.